The Morgan fingerprint density at radius 1 is 1.36 bits per heavy atom. The van der Waals surface area contributed by atoms with Crippen LogP contribution in [-0.2, 0) is 0 Å². The minimum absolute atomic E-state index is 0.977. The Bertz CT molecular complexity index is 439. The molecule has 0 saturated heterocycles. The van der Waals surface area contributed by atoms with Gasteiger partial charge in [-0.3, -0.25) is 9.98 Å². The molecule has 0 fully saturated rings. The van der Waals surface area contributed by atoms with Gasteiger partial charge in [-0.25, -0.2) is 0 Å². The highest BCUT2D eigenvalue weighted by atomic mass is 14.8. The van der Waals surface area contributed by atoms with Crippen LogP contribution in [0.5, 0.6) is 0 Å². The maximum Gasteiger partial charge on any atom is 0.0959 e. The van der Waals surface area contributed by atoms with E-state index in [0.717, 1.165) is 22.5 Å². The lowest BCUT2D eigenvalue weighted by Gasteiger charge is -2.13. The van der Waals surface area contributed by atoms with Gasteiger partial charge in [-0.1, -0.05) is 24.3 Å². The molecule has 1 aliphatic rings. The Kier molecular flexibility index (Phi) is 2.27. The van der Waals surface area contributed by atoms with Crippen LogP contribution in [0.15, 0.2) is 41.0 Å². The largest absolute Gasteiger partial charge is 0.286 e. The molecule has 0 aliphatic heterocycles. The second-order valence-corrected chi connectivity index (χ2v) is 3.09. The van der Waals surface area contributed by atoms with Crippen LogP contribution in [0.3, 0.4) is 0 Å². The Morgan fingerprint density at radius 2 is 2.21 bits per heavy atom. The molecular formula is C12H12N2. The van der Waals surface area contributed by atoms with Gasteiger partial charge in [0.2, 0.25) is 0 Å². The highest BCUT2D eigenvalue weighted by Crippen LogP contribution is 2.20. The lowest BCUT2D eigenvalue weighted by atomic mass is 9.96. The molecule has 0 radical (unpaired) electrons. The van der Waals surface area contributed by atoms with E-state index in [2.05, 4.69) is 34.3 Å². The topological polar surface area (TPSA) is 25.2 Å². The number of nitrogens with zero attached hydrogens (tertiary/aromatic N) is 2. The molecule has 0 atom stereocenters. The predicted molar refractivity (Wildman–Crippen MR) is 59.5 cm³/mol. The van der Waals surface area contributed by atoms with Crippen molar-refractivity contribution < 1.29 is 0 Å². The van der Waals surface area contributed by atoms with Crippen molar-refractivity contribution in [3.05, 3.63) is 47.3 Å². The van der Waals surface area contributed by atoms with E-state index in [1.54, 1.807) is 13.2 Å². The normalized spacial score (nSPS) is 20.1. The van der Waals surface area contributed by atoms with Gasteiger partial charge in [0.05, 0.1) is 11.4 Å². The summed E-state index contributed by atoms with van der Waals surface area (Å²) in [7, 11) is 1.80. The third-order valence-electron chi connectivity index (χ3n) is 2.31. The zero-order valence-corrected chi connectivity index (χ0v) is 8.36. The first kappa shape index (κ1) is 8.88. The summed E-state index contributed by atoms with van der Waals surface area (Å²) in [5.41, 5.74) is 4.23. The minimum Gasteiger partial charge on any atom is -0.286 e. The molecule has 0 spiro atoms. The SMILES string of the molecule is C/C=C1/C=Cc2cccnc2/C1=N/C. The minimum atomic E-state index is 0.977. The molecule has 0 amide bonds. The molecule has 0 unspecified atom stereocenters. The van der Waals surface area contributed by atoms with Crippen LogP contribution in [0.1, 0.15) is 18.2 Å². The average Bonchev–Trinajstić information content (AvgIpc) is 2.27. The van der Waals surface area contributed by atoms with Crippen molar-refractivity contribution in [1.29, 1.82) is 0 Å². The van der Waals surface area contributed by atoms with Crippen LogP contribution in [0, 0.1) is 0 Å². The van der Waals surface area contributed by atoms with Crippen molar-refractivity contribution in [2.75, 3.05) is 7.05 Å². The molecule has 14 heavy (non-hydrogen) atoms. The summed E-state index contributed by atoms with van der Waals surface area (Å²) in [5.74, 6) is 0. The van der Waals surface area contributed by atoms with Crippen LogP contribution in [0.2, 0.25) is 0 Å². The molecule has 1 aliphatic carbocycles. The van der Waals surface area contributed by atoms with Crippen molar-refractivity contribution in [2.45, 2.75) is 6.92 Å². The van der Waals surface area contributed by atoms with E-state index in [1.807, 2.05) is 13.0 Å². The number of aromatic nitrogens is 1. The molecule has 2 heteroatoms. The fourth-order valence-corrected chi connectivity index (χ4v) is 1.61. The lowest BCUT2D eigenvalue weighted by Crippen LogP contribution is -2.11. The van der Waals surface area contributed by atoms with E-state index in [-0.39, 0.29) is 0 Å². The van der Waals surface area contributed by atoms with Crippen molar-refractivity contribution >= 4 is 11.8 Å². The molecule has 0 N–H and O–H groups in total. The number of allylic oxidation sites excluding steroid dienone is 3. The number of hydrogen-bond donors (Lipinski definition) is 0. The number of hydrogen-bond acceptors (Lipinski definition) is 2. The van der Waals surface area contributed by atoms with Gasteiger partial charge in [0.1, 0.15) is 0 Å². The van der Waals surface area contributed by atoms with Gasteiger partial charge in [0, 0.05) is 18.8 Å². The third kappa shape index (κ3) is 1.29. The molecular weight excluding hydrogens is 172 g/mol. The molecule has 0 saturated carbocycles. The summed E-state index contributed by atoms with van der Waals surface area (Å²) >= 11 is 0. The standard InChI is InChI=1S/C12H12N2/c1-3-9-6-7-10-5-4-8-14-12(10)11(9)13-2/h3-8H,1-2H3/b9-3-,13-11+. The molecule has 70 valence electrons. The molecule has 1 aromatic heterocycles. The second kappa shape index (κ2) is 3.58. The van der Waals surface area contributed by atoms with Gasteiger partial charge in [0.15, 0.2) is 0 Å². The Balaban J connectivity index is 2.65. The number of aliphatic imine (C=N–C) groups is 1. The maximum atomic E-state index is 4.35. The Morgan fingerprint density at radius 3 is 2.93 bits per heavy atom. The fraction of sp³-hybridized carbons (Fsp3) is 0.167. The third-order valence-corrected chi connectivity index (χ3v) is 2.31. The summed E-state index contributed by atoms with van der Waals surface area (Å²) in [4.78, 5) is 8.62. The maximum absolute atomic E-state index is 4.35. The molecule has 1 heterocycles. The van der Waals surface area contributed by atoms with E-state index in [9.17, 15) is 0 Å². The highest BCUT2D eigenvalue weighted by molar-refractivity contribution is 6.17. The first-order valence-electron chi connectivity index (χ1n) is 4.63. The molecule has 1 aromatic rings. The van der Waals surface area contributed by atoms with Crippen molar-refractivity contribution in [1.82, 2.24) is 4.98 Å². The summed E-state index contributed by atoms with van der Waals surface area (Å²) < 4.78 is 0. The van der Waals surface area contributed by atoms with Gasteiger partial charge in [-0.15, -0.1) is 0 Å². The Labute approximate surface area is 83.7 Å². The summed E-state index contributed by atoms with van der Waals surface area (Å²) in [6, 6.07) is 3.99. The van der Waals surface area contributed by atoms with Crippen molar-refractivity contribution in [3.8, 4) is 0 Å². The zero-order valence-electron chi connectivity index (χ0n) is 8.36. The highest BCUT2D eigenvalue weighted by Gasteiger charge is 2.14. The molecule has 2 rings (SSSR count). The zero-order chi connectivity index (χ0) is 9.97. The first-order chi connectivity index (χ1) is 6.86. The van der Waals surface area contributed by atoms with Gasteiger partial charge < -0.3 is 0 Å². The van der Waals surface area contributed by atoms with Gasteiger partial charge in [0.25, 0.3) is 0 Å². The molecule has 0 bridgehead atoms. The van der Waals surface area contributed by atoms with Crippen molar-refractivity contribution in [3.63, 3.8) is 0 Å². The van der Waals surface area contributed by atoms with E-state index in [0.29, 0.717) is 0 Å². The van der Waals surface area contributed by atoms with Crippen LogP contribution >= 0.6 is 0 Å². The predicted octanol–water partition coefficient (Wildman–Crippen LogP) is 2.47. The van der Waals surface area contributed by atoms with E-state index < -0.39 is 0 Å². The van der Waals surface area contributed by atoms with Crippen molar-refractivity contribution in [2.24, 2.45) is 4.99 Å². The van der Waals surface area contributed by atoms with Crippen LogP contribution in [-0.4, -0.2) is 17.7 Å². The number of fused-ring (bicyclic) bond motifs is 1. The van der Waals surface area contributed by atoms with E-state index >= 15 is 0 Å². The summed E-state index contributed by atoms with van der Waals surface area (Å²) in [6.07, 6.45) is 8.01. The smallest absolute Gasteiger partial charge is 0.0959 e. The Hall–Kier alpha value is -1.70. The van der Waals surface area contributed by atoms with E-state index in [4.69, 9.17) is 0 Å². The summed E-state index contributed by atoms with van der Waals surface area (Å²) in [5, 5.41) is 0. The lowest BCUT2D eigenvalue weighted by molar-refractivity contribution is 1.25. The van der Waals surface area contributed by atoms with Crippen LogP contribution < -0.4 is 0 Å². The molecule has 2 nitrogen and oxygen atoms in total. The quantitative estimate of drug-likeness (QED) is 0.608. The number of pyridine rings is 1. The first-order valence-corrected chi connectivity index (χ1v) is 4.63. The fourth-order valence-electron chi connectivity index (χ4n) is 1.61. The second-order valence-electron chi connectivity index (χ2n) is 3.09. The van der Waals surface area contributed by atoms with Crippen LogP contribution in [0.25, 0.3) is 6.08 Å². The van der Waals surface area contributed by atoms with E-state index in [1.165, 1.54) is 0 Å². The van der Waals surface area contributed by atoms with Gasteiger partial charge in [-0.2, -0.15) is 0 Å². The summed E-state index contributed by atoms with van der Waals surface area (Å²) in [6.45, 7) is 2.01. The number of rotatable bonds is 0. The van der Waals surface area contributed by atoms with Gasteiger partial charge >= 0.3 is 0 Å². The monoisotopic (exact) mass is 184 g/mol. The van der Waals surface area contributed by atoms with Gasteiger partial charge in [-0.05, 0) is 18.6 Å². The average molecular weight is 184 g/mol. The van der Waals surface area contributed by atoms with Crippen LogP contribution in [0.4, 0.5) is 0 Å². The molecule has 0 aromatic carbocycles.